The van der Waals surface area contributed by atoms with Crippen LogP contribution in [-0.2, 0) is 0 Å². The van der Waals surface area contributed by atoms with E-state index in [9.17, 15) is 4.39 Å². The minimum absolute atomic E-state index is 0.248. The molecule has 0 fully saturated rings. The zero-order valence-corrected chi connectivity index (χ0v) is 5.53. The lowest BCUT2D eigenvalue weighted by Gasteiger charge is -2.09. The normalized spacial score (nSPS) is 27.2. The van der Waals surface area contributed by atoms with E-state index in [2.05, 4.69) is 0 Å². The van der Waals surface area contributed by atoms with Crippen molar-refractivity contribution in [3.63, 3.8) is 0 Å². The molecule has 0 aliphatic heterocycles. The summed E-state index contributed by atoms with van der Waals surface area (Å²) in [5, 5.41) is 0.488. The van der Waals surface area contributed by atoms with Gasteiger partial charge in [0.05, 0.1) is 0 Å². The topological polar surface area (TPSA) is 26.0 Å². The fraction of sp³-hybridized carbons (Fsp3) is 0.333. The first-order valence-corrected chi connectivity index (χ1v) is 3.05. The molecule has 1 aliphatic carbocycles. The minimum Gasteiger partial charge on any atom is -0.324 e. The molecular formula is C6H7ClFN. The van der Waals surface area contributed by atoms with E-state index in [1.807, 2.05) is 0 Å². The van der Waals surface area contributed by atoms with E-state index < -0.39 is 0 Å². The van der Waals surface area contributed by atoms with Crippen molar-refractivity contribution in [1.82, 2.24) is 0 Å². The minimum atomic E-state index is -0.334. The van der Waals surface area contributed by atoms with Crippen LogP contribution >= 0.6 is 11.6 Å². The summed E-state index contributed by atoms with van der Waals surface area (Å²) < 4.78 is 12.3. The molecule has 0 amide bonds. The summed E-state index contributed by atoms with van der Waals surface area (Å²) in [5.74, 6) is -0.334. The summed E-state index contributed by atoms with van der Waals surface area (Å²) in [6, 6.07) is -0.248. The molecule has 1 unspecified atom stereocenters. The zero-order valence-electron chi connectivity index (χ0n) is 4.77. The maximum absolute atomic E-state index is 12.3. The second-order valence-electron chi connectivity index (χ2n) is 2.01. The van der Waals surface area contributed by atoms with Gasteiger partial charge in [-0.15, -0.1) is 0 Å². The molecule has 1 atom stereocenters. The molecule has 0 radical (unpaired) electrons. The lowest BCUT2D eigenvalue weighted by Crippen LogP contribution is -2.18. The van der Waals surface area contributed by atoms with Crippen molar-refractivity contribution in [1.29, 1.82) is 0 Å². The Kier molecular flexibility index (Phi) is 1.88. The lowest BCUT2D eigenvalue weighted by atomic mass is 10.1. The summed E-state index contributed by atoms with van der Waals surface area (Å²) in [7, 11) is 0. The number of hydrogen-bond acceptors (Lipinski definition) is 1. The molecule has 0 spiro atoms. The van der Waals surface area contributed by atoms with E-state index in [0.717, 1.165) is 0 Å². The Hall–Kier alpha value is -0.340. The zero-order chi connectivity index (χ0) is 6.85. The van der Waals surface area contributed by atoms with Gasteiger partial charge in [0.1, 0.15) is 5.83 Å². The van der Waals surface area contributed by atoms with Gasteiger partial charge in [-0.2, -0.15) is 0 Å². The number of allylic oxidation sites excluding steroid dienone is 2. The van der Waals surface area contributed by atoms with Gasteiger partial charge in [0.25, 0.3) is 0 Å². The quantitative estimate of drug-likeness (QED) is 0.555. The standard InChI is InChI=1S/C6H7ClFN/c7-4-1-5(8)3-6(9)2-4/h1,3,6H,2,9H2. The van der Waals surface area contributed by atoms with Crippen LogP contribution in [0.4, 0.5) is 4.39 Å². The molecule has 0 heterocycles. The van der Waals surface area contributed by atoms with Crippen molar-refractivity contribution in [2.24, 2.45) is 5.73 Å². The van der Waals surface area contributed by atoms with Gasteiger partial charge in [-0.05, 0) is 12.2 Å². The van der Waals surface area contributed by atoms with Crippen molar-refractivity contribution in [2.45, 2.75) is 12.5 Å². The molecule has 1 aliphatic rings. The number of halogens is 2. The van der Waals surface area contributed by atoms with Crippen LogP contribution in [0.1, 0.15) is 6.42 Å². The Bertz CT molecular complexity index is 174. The molecule has 0 aromatic heterocycles. The Balaban J connectivity index is 2.74. The first-order chi connectivity index (χ1) is 4.18. The van der Waals surface area contributed by atoms with Gasteiger partial charge in [0.15, 0.2) is 0 Å². The summed E-state index contributed by atoms with van der Waals surface area (Å²) >= 11 is 5.51. The molecule has 9 heavy (non-hydrogen) atoms. The molecule has 1 nitrogen and oxygen atoms in total. The molecule has 0 bridgehead atoms. The largest absolute Gasteiger partial charge is 0.324 e. The highest BCUT2D eigenvalue weighted by molar-refractivity contribution is 6.29. The van der Waals surface area contributed by atoms with Crippen molar-refractivity contribution >= 4 is 11.6 Å². The van der Waals surface area contributed by atoms with Gasteiger partial charge in [0, 0.05) is 17.5 Å². The molecule has 0 aromatic rings. The summed E-state index contributed by atoms with van der Waals surface area (Å²) in [5.41, 5.74) is 5.37. The third kappa shape index (κ3) is 1.80. The number of hydrogen-bond donors (Lipinski definition) is 1. The van der Waals surface area contributed by atoms with Gasteiger partial charge < -0.3 is 5.73 Å². The van der Waals surface area contributed by atoms with Crippen LogP contribution in [-0.4, -0.2) is 6.04 Å². The molecule has 1 rings (SSSR count). The average Bonchev–Trinajstić information content (AvgIpc) is 1.59. The fourth-order valence-corrected chi connectivity index (χ4v) is 1.03. The third-order valence-electron chi connectivity index (χ3n) is 1.10. The molecule has 0 saturated carbocycles. The second kappa shape index (κ2) is 2.50. The van der Waals surface area contributed by atoms with Gasteiger partial charge in [-0.25, -0.2) is 4.39 Å². The van der Waals surface area contributed by atoms with Crippen LogP contribution in [0.25, 0.3) is 0 Å². The summed E-state index contributed by atoms with van der Waals surface area (Å²) in [6.45, 7) is 0. The molecular weight excluding hydrogens is 141 g/mol. The van der Waals surface area contributed by atoms with Crippen LogP contribution in [0, 0.1) is 0 Å². The molecule has 0 aromatic carbocycles. The summed E-state index contributed by atoms with van der Waals surface area (Å²) in [4.78, 5) is 0. The second-order valence-corrected chi connectivity index (χ2v) is 2.50. The SMILES string of the molecule is NC1C=C(F)C=C(Cl)C1. The fourth-order valence-electron chi connectivity index (χ4n) is 0.745. The maximum Gasteiger partial charge on any atom is 0.121 e. The van der Waals surface area contributed by atoms with Gasteiger partial charge in [0.2, 0.25) is 0 Å². The van der Waals surface area contributed by atoms with Gasteiger partial charge >= 0.3 is 0 Å². The monoisotopic (exact) mass is 147 g/mol. The highest BCUT2D eigenvalue weighted by Crippen LogP contribution is 2.19. The third-order valence-corrected chi connectivity index (χ3v) is 1.36. The number of nitrogens with two attached hydrogens (primary N) is 1. The van der Waals surface area contributed by atoms with Crippen molar-refractivity contribution in [2.75, 3.05) is 0 Å². The molecule has 0 saturated heterocycles. The molecule has 3 heteroatoms. The van der Waals surface area contributed by atoms with E-state index in [4.69, 9.17) is 17.3 Å². The van der Waals surface area contributed by atoms with E-state index >= 15 is 0 Å². The first-order valence-electron chi connectivity index (χ1n) is 2.67. The van der Waals surface area contributed by atoms with Crippen LogP contribution in [0.15, 0.2) is 23.0 Å². The van der Waals surface area contributed by atoms with Gasteiger partial charge in [-0.3, -0.25) is 0 Å². The Morgan fingerprint density at radius 2 is 2.44 bits per heavy atom. The average molecular weight is 148 g/mol. The van der Waals surface area contributed by atoms with E-state index in [0.29, 0.717) is 11.5 Å². The van der Waals surface area contributed by atoms with Crippen molar-refractivity contribution < 1.29 is 4.39 Å². The van der Waals surface area contributed by atoms with E-state index in [1.54, 1.807) is 0 Å². The van der Waals surface area contributed by atoms with Crippen LogP contribution in [0.5, 0.6) is 0 Å². The Morgan fingerprint density at radius 1 is 1.78 bits per heavy atom. The molecule has 50 valence electrons. The number of rotatable bonds is 0. The predicted octanol–water partition coefficient (Wildman–Crippen LogP) is 1.69. The van der Waals surface area contributed by atoms with E-state index in [-0.39, 0.29) is 11.9 Å². The molecule has 2 N–H and O–H groups in total. The van der Waals surface area contributed by atoms with Crippen LogP contribution in [0.2, 0.25) is 0 Å². The Labute approximate surface area is 58.0 Å². The van der Waals surface area contributed by atoms with Crippen LogP contribution in [0.3, 0.4) is 0 Å². The Morgan fingerprint density at radius 3 is 2.89 bits per heavy atom. The van der Waals surface area contributed by atoms with Crippen molar-refractivity contribution in [3.05, 3.63) is 23.0 Å². The summed E-state index contributed by atoms with van der Waals surface area (Å²) in [6.07, 6.45) is 3.19. The maximum atomic E-state index is 12.3. The smallest absolute Gasteiger partial charge is 0.121 e. The van der Waals surface area contributed by atoms with Gasteiger partial charge in [-0.1, -0.05) is 11.6 Å². The predicted molar refractivity (Wildman–Crippen MR) is 35.7 cm³/mol. The van der Waals surface area contributed by atoms with E-state index in [1.165, 1.54) is 12.2 Å². The first kappa shape index (κ1) is 6.78. The highest BCUT2D eigenvalue weighted by Gasteiger charge is 2.08. The van der Waals surface area contributed by atoms with Crippen molar-refractivity contribution in [3.8, 4) is 0 Å². The highest BCUT2D eigenvalue weighted by atomic mass is 35.5. The van der Waals surface area contributed by atoms with Crippen LogP contribution < -0.4 is 5.73 Å². The lowest BCUT2D eigenvalue weighted by molar-refractivity contribution is 0.635.